The second-order valence-corrected chi connectivity index (χ2v) is 10.5. The Bertz CT molecular complexity index is 1350. The van der Waals surface area contributed by atoms with Crippen LogP contribution in [0.1, 0.15) is 58.1 Å². The van der Waals surface area contributed by atoms with Crippen LogP contribution in [0.4, 0.5) is 0 Å². The number of methoxy groups -OCH3 is 1. The van der Waals surface area contributed by atoms with Gasteiger partial charge in [0.25, 0.3) is 0 Å². The van der Waals surface area contributed by atoms with Crippen LogP contribution in [0, 0.1) is 0 Å². The van der Waals surface area contributed by atoms with Gasteiger partial charge >= 0.3 is 0 Å². The number of rotatable bonds is 5. The predicted molar refractivity (Wildman–Crippen MR) is 140 cm³/mol. The molecule has 1 amide bonds. The molecule has 35 heavy (non-hydrogen) atoms. The van der Waals surface area contributed by atoms with Crippen molar-refractivity contribution in [2.45, 2.75) is 51.1 Å². The number of ether oxygens (including phenoxy) is 1. The van der Waals surface area contributed by atoms with Gasteiger partial charge in [-0.15, -0.1) is 11.3 Å². The van der Waals surface area contributed by atoms with E-state index >= 15 is 0 Å². The normalized spacial score (nSPS) is 16.7. The van der Waals surface area contributed by atoms with E-state index in [0.717, 1.165) is 29.7 Å². The summed E-state index contributed by atoms with van der Waals surface area (Å²) in [6.45, 7) is 0.660. The third-order valence-corrected chi connectivity index (χ3v) is 8.75. The van der Waals surface area contributed by atoms with E-state index in [1.807, 2.05) is 35.6 Å². The van der Waals surface area contributed by atoms with Crippen LogP contribution in [0.3, 0.4) is 0 Å². The number of amides is 1. The van der Waals surface area contributed by atoms with Crippen LogP contribution in [0.5, 0.6) is 5.75 Å². The van der Waals surface area contributed by atoms with E-state index in [1.165, 1.54) is 39.5 Å². The van der Waals surface area contributed by atoms with Gasteiger partial charge in [0, 0.05) is 29.6 Å². The zero-order valence-corrected chi connectivity index (χ0v) is 20.9. The van der Waals surface area contributed by atoms with Gasteiger partial charge in [0.1, 0.15) is 10.8 Å². The molecule has 1 unspecified atom stereocenters. The molecule has 0 radical (unpaired) electrons. The Hall–Kier alpha value is -3.31. The number of carbonyl (C=O) groups excluding carboxylic acids is 1. The second kappa shape index (κ2) is 9.38. The van der Waals surface area contributed by atoms with Gasteiger partial charge in [-0.1, -0.05) is 48.5 Å². The summed E-state index contributed by atoms with van der Waals surface area (Å²) in [5, 5.41) is 1.30. The number of aryl methyl sites for hydroxylation is 2. The van der Waals surface area contributed by atoms with Gasteiger partial charge in [-0.05, 0) is 67.0 Å². The summed E-state index contributed by atoms with van der Waals surface area (Å²) in [5.74, 6) is 1.03. The van der Waals surface area contributed by atoms with Crippen molar-refractivity contribution >= 4 is 17.2 Å². The molecule has 178 valence electrons. The van der Waals surface area contributed by atoms with Crippen molar-refractivity contribution in [3.63, 3.8) is 0 Å². The Labute approximate surface area is 210 Å². The van der Waals surface area contributed by atoms with Crippen molar-refractivity contribution in [1.29, 1.82) is 0 Å². The summed E-state index contributed by atoms with van der Waals surface area (Å²) in [6.07, 6.45) is 8.07. The Kier molecular flexibility index (Phi) is 5.95. The van der Waals surface area contributed by atoms with Gasteiger partial charge in [-0.2, -0.15) is 0 Å². The maximum atomic E-state index is 14.0. The first-order valence-corrected chi connectivity index (χ1v) is 13.3. The van der Waals surface area contributed by atoms with E-state index in [2.05, 4.69) is 58.1 Å². The highest BCUT2D eigenvalue weighted by atomic mass is 32.1. The molecular formula is C30H30N2O2S. The molecule has 0 N–H and O–H groups in total. The van der Waals surface area contributed by atoms with E-state index in [4.69, 9.17) is 4.74 Å². The highest BCUT2D eigenvalue weighted by Crippen LogP contribution is 2.44. The minimum Gasteiger partial charge on any atom is -0.496 e. The van der Waals surface area contributed by atoms with Gasteiger partial charge in [0.05, 0.1) is 18.8 Å². The lowest BCUT2D eigenvalue weighted by Gasteiger charge is -2.31. The minimum atomic E-state index is -0.116. The molecule has 4 aromatic rings. The third-order valence-electron chi connectivity index (χ3n) is 7.42. The molecule has 1 aliphatic heterocycles. The van der Waals surface area contributed by atoms with Crippen LogP contribution in [-0.4, -0.2) is 22.5 Å². The van der Waals surface area contributed by atoms with Gasteiger partial charge < -0.3 is 14.2 Å². The SMILES string of the molecule is COc1ccccc1CCC(=O)N1Cc2c(sc3c2CCCC3)-n2cccc2C1c1ccccc1. The topological polar surface area (TPSA) is 34.5 Å². The maximum absolute atomic E-state index is 14.0. The lowest BCUT2D eigenvalue weighted by atomic mass is 9.94. The van der Waals surface area contributed by atoms with Crippen molar-refractivity contribution in [1.82, 2.24) is 9.47 Å². The fourth-order valence-electron chi connectivity index (χ4n) is 5.71. The Morgan fingerprint density at radius 1 is 0.971 bits per heavy atom. The molecular weight excluding hydrogens is 452 g/mol. The van der Waals surface area contributed by atoms with Crippen molar-refractivity contribution in [2.75, 3.05) is 7.11 Å². The number of nitrogens with zero attached hydrogens (tertiary/aromatic N) is 2. The van der Waals surface area contributed by atoms with Crippen LogP contribution < -0.4 is 4.74 Å². The lowest BCUT2D eigenvalue weighted by molar-refractivity contribution is -0.133. The van der Waals surface area contributed by atoms with E-state index in [-0.39, 0.29) is 11.9 Å². The smallest absolute Gasteiger partial charge is 0.224 e. The van der Waals surface area contributed by atoms with Gasteiger partial charge in [0.15, 0.2) is 0 Å². The van der Waals surface area contributed by atoms with Crippen molar-refractivity contribution in [3.05, 3.63) is 106 Å². The molecule has 2 aromatic carbocycles. The Morgan fingerprint density at radius 2 is 1.77 bits per heavy atom. The number of thiophene rings is 1. The average molecular weight is 483 g/mol. The molecule has 0 bridgehead atoms. The summed E-state index contributed by atoms with van der Waals surface area (Å²) in [4.78, 5) is 17.7. The fourth-order valence-corrected chi connectivity index (χ4v) is 7.11. The molecule has 6 rings (SSSR count). The molecule has 2 aliphatic rings. The van der Waals surface area contributed by atoms with Crippen molar-refractivity contribution in [3.8, 4) is 10.8 Å². The third kappa shape index (κ3) is 3.98. The molecule has 1 aliphatic carbocycles. The number of hydrogen-bond donors (Lipinski definition) is 0. The Morgan fingerprint density at radius 3 is 2.63 bits per heavy atom. The first-order valence-electron chi connectivity index (χ1n) is 12.5. The van der Waals surface area contributed by atoms with Gasteiger partial charge in [-0.25, -0.2) is 0 Å². The monoisotopic (exact) mass is 482 g/mol. The van der Waals surface area contributed by atoms with E-state index in [9.17, 15) is 4.79 Å². The highest BCUT2D eigenvalue weighted by Gasteiger charge is 2.35. The zero-order chi connectivity index (χ0) is 23.8. The molecule has 0 saturated carbocycles. The first kappa shape index (κ1) is 22.2. The Balaban J connectivity index is 1.42. The summed E-state index contributed by atoms with van der Waals surface area (Å²) in [7, 11) is 1.69. The molecule has 4 nitrogen and oxygen atoms in total. The first-order chi connectivity index (χ1) is 17.2. The summed E-state index contributed by atoms with van der Waals surface area (Å²) in [6, 6.07) is 22.7. The number of benzene rings is 2. The fraction of sp³-hybridized carbons (Fsp3) is 0.300. The predicted octanol–water partition coefficient (Wildman–Crippen LogP) is 6.49. The summed E-state index contributed by atoms with van der Waals surface area (Å²) in [5.41, 5.74) is 6.24. The summed E-state index contributed by atoms with van der Waals surface area (Å²) >= 11 is 1.93. The van der Waals surface area contributed by atoms with Crippen LogP contribution in [-0.2, 0) is 30.6 Å². The molecule has 0 saturated heterocycles. The number of hydrogen-bond acceptors (Lipinski definition) is 3. The molecule has 3 heterocycles. The molecule has 2 aromatic heterocycles. The maximum Gasteiger partial charge on any atom is 0.224 e. The quantitative estimate of drug-likeness (QED) is 0.326. The molecule has 1 atom stereocenters. The largest absolute Gasteiger partial charge is 0.496 e. The number of carbonyl (C=O) groups is 1. The number of fused-ring (bicyclic) bond motifs is 5. The lowest BCUT2D eigenvalue weighted by Crippen LogP contribution is -2.35. The van der Waals surface area contributed by atoms with E-state index in [1.54, 1.807) is 7.11 Å². The van der Waals surface area contributed by atoms with Crippen molar-refractivity contribution in [2.24, 2.45) is 0 Å². The minimum absolute atomic E-state index is 0.116. The molecule has 5 heteroatoms. The average Bonchev–Trinajstić information content (AvgIpc) is 3.49. The highest BCUT2D eigenvalue weighted by molar-refractivity contribution is 7.15. The summed E-state index contributed by atoms with van der Waals surface area (Å²) < 4.78 is 7.89. The molecule has 0 spiro atoms. The van der Waals surface area contributed by atoms with Crippen LogP contribution in [0.15, 0.2) is 72.9 Å². The van der Waals surface area contributed by atoms with Crippen LogP contribution in [0.25, 0.3) is 5.00 Å². The zero-order valence-electron chi connectivity index (χ0n) is 20.1. The van der Waals surface area contributed by atoms with Crippen molar-refractivity contribution < 1.29 is 9.53 Å². The van der Waals surface area contributed by atoms with E-state index in [0.29, 0.717) is 19.4 Å². The number of aromatic nitrogens is 1. The van der Waals surface area contributed by atoms with Gasteiger partial charge in [0.2, 0.25) is 5.91 Å². The molecule has 0 fully saturated rings. The van der Waals surface area contributed by atoms with Crippen LogP contribution >= 0.6 is 11.3 Å². The van der Waals surface area contributed by atoms with E-state index < -0.39 is 0 Å². The van der Waals surface area contributed by atoms with Crippen LogP contribution in [0.2, 0.25) is 0 Å². The van der Waals surface area contributed by atoms with Gasteiger partial charge in [-0.3, -0.25) is 4.79 Å². The second-order valence-electron chi connectivity index (χ2n) is 9.44. The standard InChI is InChI=1S/C30H30N2O2S/c1-34-26-15-7-5-10-21(26)17-18-28(33)32-20-24-23-13-6-8-16-27(23)35-30(24)31-19-9-14-25(31)29(32)22-11-3-2-4-12-22/h2-5,7,9-12,14-15,19,29H,6,8,13,16-18,20H2,1H3. The number of para-hydroxylation sites is 1.